The first-order valence-corrected chi connectivity index (χ1v) is 5.70. The van der Waals surface area contributed by atoms with E-state index in [2.05, 4.69) is 6.07 Å². The zero-order valence-corrected chi connectivity index (χ0v) is 9.00. The Bertz CT molecular complexity index is 284. The van der Waals surface area contributed by atoms with Gasteiger partial charge >= 0.3 is 0 Å². The van der Waals surface area contributed by atoms with Gasteiger partial charge in [0.2, 0.25) is 0 Å². The third-order valence-electron chi connectivity index (χ3n) is 3.16. The lowest BCUT2D eigenvalue weighted by molar-refractivity contribution is -0.252. The van der Waals surface area contributed by atoms with E-state index >= 15 is 0 Å². The third-order valence-corrected chi connectivity index (χ3v) is 3.16. The van der Waals surface area contributed by atoms with Crippen LogP contribution in [0.4, 0.5) is 0 Å². The number of hydrogen-bond acceptors (Lipinski definition) is 3. The zero-order chi connectivity index (χ0) is 10.6. The van der Waals surface area contributed by atoms with Crippen molar-refractivity contribution in [2.24, 2.45) is 0 Å². The van der Waals surface area contributed by atoms with E-state index in [-0.39, 0.29) is 5.79 Å². The van der Waals surface area contributed by atoms with Crippen LogP contribution in [0.3, 0.4) is 0 Å². The highest BCUT2D eigenvalue weighted by atomic mass is 16.7. The molecule has 2 aliphatic rings. The second-order valence-electron chi connectivity index (χ2n) is 4.29. The summed E-state index contributed by atoms with van der Waals surface area (Å²) in [5.74, 6) is -0.330. The van der Waals surface area contributed by atoms with Crippen molar-refractivity contribution in [3.05, 3.63) is 11.6 Å². The molecule has 1 atom stereocenters. The van der Waals surface area contributed by atoms with Crippen molar-refractivity contribution in [3.63, 3.8) is 0 Å². The van der Waals surface area contributed by atoms with Crippen molar-refractivity contribution in [3.8, 4) is 6.07 Å². The normalized spacial score (nSPS) is 35.0. The quantitative estimate of drug-likeness (QED) is 0.573. The molecule has 0 aliphatic carbocycles. The van der Waals surface area contributed by atoms with Crippen LogP contribution in [-0.4, -0.2) is 19.0 Å². The van der Waals surface area contributed by atoms with Gasteiger partial charge in [0.05, 0.1) is 19.3 Å². The second kappa shape index (κ2) is 4.78. The molecule has 2 aliphatic heterocycles. The maximum Gasteiger partial charge on any atom is 0.168 e. The fraction of sp³-hybridized carbons (Fsp3) is 0.750. The van der Waals surface area contributed by atoms with Gasteiger partial charge in [-0.05, 0) is 31.3 Å². The largest absolute Gasteiger partial charge is 0.350 e. The summed E-state index contributed by atoms with van der Waals surface area (Å²) in [6.45, 7) is 1.38. The molecule has 0 amide bonds. The fourth-order valence-electron chi connectivity index (χ4n) is 2.30. The Hall–Kier alpha value is -0.850. The van der Waals surface area contributed by atoms with Gasteiger partial charge in [-0.15, -0.1) is 0 Å². The van der Waals surface area contributed by atoms with Gasteiger partial charge in [-0.1, -0.05) is 0 Å². The monoisotopic (exact) mass is 207 g/mol. The summed E-state index contributed by atoms with van der Waals surface area (Å²) in [7, 11) is 0. The average Bonchev–Trinajstić information content (AvgIpc) is 2.44. The first-order valence-electron chi connectivity index (χ1n) is 5.70. The number of hydrogen-bond donors (Lipinski definition) is 0. The SMILES string of the molecule is N#C/C=C1\CCCC2(CCCCO2)OC1. The molecule has 0 N–H and O–H groups in total. The topological polar surface area (TPSA) is 42.2 Å². The Morgan fingerprint density at radius 3 is 2.80 bits per heavy atom. The minimum atomic E-state index is -0.330. The number of ether oxygens (including phenoxy) is 2. The lowest BCUT2D eigenvalue weighted by atomic mass is 9.99. The van der Waals surface area contributed by atoms with Crippen LogP contribution in [0.2, 0.25) is 0 Å². The molecule has 0 radical (unpaired) electrons. The maximum absolute atomic E-state index is 8.60. The van der Waals surface area contributed by atoms with Crippen LogP contribution in [0.15, 0.2) is 11.6 Å². The predicted octanol–water partition coefficient (Wildman–Crippen LogP) is 2.53. The first kappa shape index (κ1) is 10.7. The van der Waals surface area contributed by atoms with Gasteiger partial charge in [-0.25, -0.2) is 0 Å². The molecule has 2 fully saturated rings. The van der Waals surface area contributed by atoms with Crippen molar-refractivity contribution >= 4 is 0 Å². The highest BCUT2D eigenvalue weighted by Gasteiger charge is 2.35. The third kappa shape index (κ3) is 2.58. The Kier molecular flexibility index (Phi) is 3.40. The van der Waals surface area contributed by atoms with Gasteiger partial charge in [0.25, 0.3) is 0 Å². The molecule has 0 aromatic rings. The molecular weight excluding hydrogens is 190 g/mol. The van der Waals surface area contributed by atoms with Gasteiger partial charge in [0.15, 0.2) is 5.79 Å². The van der Waals surface area contributed by atoms with Crippen LogP contribution in [0.25, 0.3) is 0 Å². The summed E-state index contributed by atoms with van der Waals surface area (Å²) in [4.78, 5) is 0. The van der Waals surface area contributed by atoms with Gasteiger partial charge in [0, 0.05) is 18.9 Å². The molecule has 0 saturated carbocycles. The van der Waals surface area contributed by atoms with Crippen LogP contribution in [0.5, 0.6) is 0 Å². The Balaban J connectivity index is 2.00. The predicted molar refractivity (Wildman–Crippen MR) is 56.0 cm³/mol. The minimum absolute atomic E-state index is 0.330. The van der Waals surface area contributed by atoms with Crippen molar-refractivity contribution in [2.45, 2.75) is 44.3 Å². The van der Waals surface area contributed by atoms with Gasteiger partial charge in [0.1, 0.15) is 0 Å². The van der Waals surface area contributed by atoms with E-state index in [4.69, 9.17) is 14.7 Å². The fourth-order valence-corrected chi connectivity index (χ4v) is 2.30. The van der Waals surface area contributed by atoms with E-state index in [1.807, 2.05) is 0 Å². The summed E-state index contributed by atoms with van der Waals surface area (Å²) in [5, 5.41) is 8.60. The molecule has 1 spiro atoms. The van der Waals surface area contributed by atoms with Crippen LogP contribution < -0.4 is 0 Å². The van der Waals surface area contributed by atoms with E-state index in [0.29, 0.717) is 6.61 Å². The minimum Gasteiger partial charge on any atom is -0.350 e. The molecular formula is C12H17NO2. The molecule has 2 saturated heterocycles. The Labute approximate surface area is 90.7 Å². The van der Waals surface area contributed by atoms with E-state index in [0.717, 1.165) is 44.3 Å². The van der Waals surface area contributed by atoms with Crippen LogP contribution >= 0.6 is 0 Å². The highest BCUT2D eigenvalue weighted by molar-refractivity contribution is 5.14. The van der Waals surface area contributed by atoms with E-state index in [1.165, 1.54) is 6.42 Å². The smallest absolute Gasteiger partial charge is 0.168 e. The van der Waals surface area contributed by atoms with Crippen LogP contribution in [0, 0.1) is 11.3 Å². The number of nitrogens with zero attached hydrogens (tertiary/aromatic N) is 1. The van der Waals surface area contributed by atoms with Crippen molar-refractivity contribution in [1.29, 1.82) is 5.26 Å². The number of rotatable bonds is 0. The Morgan fingerprint density at radius 2 is 2.07 bits per heavy atom. The molecule has 1 unspecified atom stereocenters. The number of allylic oxidation sites excluding steroid dienone is 1. The summed E-state index contributed by atoms with van der Waals surface area (Å²) in [5.41, 5.74) is 1.10. The molecule has 2 heterocycles. The van der Waals surface area contributed by atoms with Gasteiger partial charge in [-0.3, -0.25) is 0 Å². The van der Waals surface area contributed by atoms with Crippen molar-refractivity contribution < 1.29 is 9.47 Å². The maximum atomic E-state index is 8.60. The summed E-state index contributed by atoms with van der Waals surface area (Å²) >= 11 is 0. The van der Waals surface area contributed by atoms with E-state index < -0.39 is 0 Å². The summed E-state index contributed by atoms with van der Waals surface area (Å²) in [6.07, 6.45) is 7.96. The molecule has 0 bridgehead atoms. The standard InChI is InChI=1S/C12H17NO2/c13-8-5-11-4-3-7-12(15-10-11)6-1-2-9-14-12/h5H,1-4,6-7,9-10H2/b11-5+. The molecule has 15 heavy (non-hydrogen) atoms. The summed E-state index contributed by atoms with van der Waals surface area (Å²) in [6, 6.07) is 2.07. The molecule has 2 rings (SSSR count). The summed E-state index contributed by atoms with van der Waals surface area (Å²) < 4.78 is 11.6. The molecule has 3 nitrogen and oxygen atoms in total. The van der Waals surface area contributed by atoms with Crippen molar-refractivity contribution in [1.82, 2.24) is 0 Å². The van der Waals surface area contributed by atoms with Gasteiger partial charge < -0.3 is 9.47 Å². The van der Waals surface area contributed by atoms with E-state index in [9.17, 15) is 0 Å². The molecule has 0 aromatic heterocycles. The highest BCUT2D eigenvalue weighted by Crippen LogP contribution is 2.34. The lowest BCUT2D eigenvalue weighted by Crippen LogP contribution is -2.38. The van der Waals surface area contributed by atoms with E-state index in [1.54, 1.807) is 6.08 Å². The Morgan fingerprint density at radius 1 is 1.20 bits per heavy atom. The van der Waals surface area contributed by atoms with Gasteiger partial charge in [-0.2, -0.15) is 5.26 Å². The lowest BCUT2D eigenvalue weighted by Gasteiger charge is -2.35. The molecule has 3 heteroatoms. The zero-order valence-electron chi connectivity index (χ0n) is 9.00. The second-order valence-corrected chi connectivity index (χ2v) is 4.29. The molecule has 0 aromatic carbocycles. The van der Waals surface area contributed by atoms with Crippen LogP contribution in [0.1, 0.15) is 38.5 Å². The molecule has 82 valence electrons. The number of nitriles is 1. The van der Waals surface area contributed by atoms with Crippen molar-refractivity contribution in [2.75, 3.05) is 13.2 Å². The average molecular weight is 207 g/mol. The first-order chi connectivity index (χ1) is 7.35. The van der Waals surface area contributed by atoms with Crippen LogP contribution in [-0.2, 0) is 9.47 Å².